The molecular weight excluding hydrogens is 519 g/mol. The molecule has 2 fully saturated rings. The number of rotatable bonds is 6. The highest BCUT2D eigenvalue weighted by atomic mass is 127. The van der Waals surface area contributed by atoms with Crippen LogP contribution in [0.3, 0.4) is 0 Å². The Kier molecular flexibility index (Phi) is 9.09. The van der Waals surface area contributed by atoms with Crippen LogP contribution in [0.1, 0.15) is 32.0 Å². The monoisotopic (exact) mass is 554 g/mol. The van der Waals surface area contributed by atoms with Crippen molar-refractivity contribution in [3.8, 4) is 0 Å². The van der Waals surface area contributed by atoms with E-state index in [9.17, 15) is 4.79 Å². The summed E-state index contributed by atoms with van der Waals surface area (Å²) in [5.74, 6) is 2.20. The number of pyridine rings is 1. The summed E-state index contributed by atoms with van der Waals surface area (Å²) in [5.41, 5.74) is 0.886. The van der Waals surface area contributed by atoms with Crippen LogP contribution in [0.5, 0.6) is 0 Å². The van der Waals surface area contributed by atoms with Gasteiger partial charge in [0.25, 0.3) is 0 Å². The molecule has 176 valence electrons. The number of carbonyl (C=O) groups excluding carboxylic acids is 1. The number of amides is 1. The third-order valence-electron chi connectivity index (χ3n) is 6.39. The number of nitrogens with one attached hydrogen (secondary N) is 1. The maximum absolute atomic E-state index is 12.7. The van der Waals surface area contributed by atoms with Crippen LogP contribution in [0.2, 0.25) is 0 Å². The van der Waals surface area contributed by atoms with Gasteiger partial charge < -0.3 is 15.1 Å². The molecule has 10 heteroatoms. The highest BCUT2D eigenvalue weighted by Gasteiger charge is 2.30. The minimum atomic E-state index is -0.0341. The van der Waals surface area contributed by atoms with Gasteiger partial charge in [0.05, 0.1) is 6.04 Å². The van der Waals surface area contributed by atoms with Gasteiger partial charge in [-0.25, -0.2) is 0 Å². The molecule has 2 aromatic rings. The zero-order chi connectivity index (χ0) is 21.6. The van der Waals surface area contributed by atoms with Gasteiger partial charge in [-0.2, -0.15) is 0 Å². The van der Waals surface area contributed by atoms with E-state index in [1.54, 1.807) is 0 Å². The van der Waals surface area contributed by atoms with Crippen molar-refractivity contribution in [1.29, 1.82) is 0 Å². The Labute approximate surface area is 207 Å². The van der Waals surface area contributed by atoms with Crippen LogP contribution in [-0.2, 0) is 11.2 Å². The molecule has 0 radical (unpaired) electrons. The number of piperazine rings is 1. The Morgan fingerprint density at radius 1 is 1.09 bits per heavy atom. The average molecular weight is 554 g/mol. The van der Waals surface area contributed by atoms with Crippen molar-refractivity contribution < 1.29 is 4.79 Å². The van der Waals surface area contributed by atoms with Crippen molar-refractivity contribution >= 4 is 41.5 Å². The highest BCUT2D eigenvalue weighted by molar-refractivity contribution is 14.0. The molecule has 0 aliphatic carbocycles. The molecule has 1 N–H and O–H groups in total. The van der Waals surface area contributed by atoms with Gasteiger partial charge in [-0.3, -0.25) is 19.1 Å². The highest BCUT2D eigenvalue weighted by Crippen LogP contribution is 2.14. The lowest BCUT2D eigenvalue weighted by molar-refractivity contribution is -0.135. The van der Waals surface area contributed by atoms with Crippen LogP contribution in [-0.4, -0.2) is 100 Å². The van der Waals surface area contributed by atoms with Crippen molar-refractivity contribution in [1.82, 2.24) is 34.6 Å². The molecule has 2 aromatic heterocycles. The number of likely N-dealkylation sites (tertiary alicyclic amines) is 1. The van der Waals surface area contributed by atoms with Crippen LogP contribution >= 0.6 is 24.0 Å². The molecule has 0 saturated carbocycles. The Balaban J connectivity index is 0.00000289. The topological polar surface area (TPSA) is 81.4 Å². The standard InChI is InChI=1S/C22H34N8O.HI/c1-18(21(31)28-11-5-6-12-28)27-14-16-29(17-15-27)22(23-2)24-10-7-9-20-26-25-19-8-3-4-13-30(19)20;/h3-4,8,13,18H,5-7,9-12,14-17H2,1-2H3,(H,23,24);1H. The van der Waals surface area contributed by atoms with Gasteiger partial charge in [0.2, 0.25) is 5.91 Å². The van der Waals surface area contributed by atoms with Gasteiger partial charge in [0, 0.05) is 65.5 Å². The molecule has 4 rings (SSSR count). The minimum absolute atomic E-state index is 0. The largest absolute Gasteiger partial charge is 0.356 e. The molecular formula is C22H35IN8O. The summed E-state index contributed by atoms with van der Waals surface area (Å²) < 4.78 is 2.04. The van der Waals surface area contributed by atoms with E-state index in [0.29, 0.717) is 0 Å². The van der Waals surface area contributed by atoms with Crippen molar-refractivity contribution in [3.05, 3.63) is 30.2 Å². The third kappa shape index (κ3) is 5.69. The Hall–Kier alpha value is -1.95. The number of guanidine groups is 1. The molecule has 1 amide bonds. The van der Waals surface area contributed by atoms with Gasteiger partial charge in [-0.1, -0.05) is 6.07 Å². The normalized spacial score (nSPS) is 18.6. The lowest BCUT2D eigenvalue weighted by atomic mass is 10.2. The number of nitrogens with zero attached hydrogens (tertiary/aromatic N) is 7. The maximum atomic E-state index is 12.7. The quantitative estimate of drug-likeness (QED) is 0.252. The SMILES string of the molecule is CN=C(NCCCc1nnc2ccccn12)N1CCN(C(C)C(=O)N2CCCC2)CC1.I. The molecule has 1 atom stereocenters. The average Bonchev–Trinajstić information content (AvgIpc) is 3.49. The van der Waals surface area contributed by atoms with Crippen LogP contribution in [0.4, 0.5) is 0 Å². The van der Waals surface area contributed by atoms with E-state index in [1.807, 2.05) is 40.7 Å². The van der Waals surface area contributed by atoms with E-state index in [4.69, 9.17) is 0 Å². The molecule has 4 heterocycles. The molecule has 32 heavy (non-hydrogen) atoms. The number of hydrogen-bond donors (Lipinski definition) is 1. The molecule has 2 aliphatic heterocycles. The fraction of sp³-hybridized carbons (Fsp3) is 0.636. The first-order valence-corrected chi connectivity index (χ1v) is 11.4. The summed E-state index contributed by atoms with van der Waals surface area (Å²) in [4.78, 5) is 23.8. The van der Waals surface area contributed by atoms with Crippen molar-refractivity contribution in [2.24, 2.45) is 4.99 Å². The number of carbonyl (C=O) groups is 1. The van der Waals surface area contributed by atoms with E-state index >= 15 is 0 Å². The smallest absolute Gasteiger partial charge is 0.239 e. The number of halogens is 1. The summed E-state index contributed by atoms with van der Waals surface area (Å²) in [7, 11) is 1.83. The predicted octanol–water partition coefficient (Wildman–Crippen LogP) is 1.48. The number of fused-ring (bicyclic) bond motifs is 1. The lowest BCUT2D eigenvalue weighted by Crippen LogP contribution is -2.57. The summed E-state index contributed by atoms with van der Waals surface area (Å²) in [6.45, 7) is 8.25. The fourth-order valence-electron chi connectivity index (χ4n) is 4.52. The number of aryl methyl sites for hydroxylation is 1. The van der Waals surface area contributed by atoms with Crippen LogP contribution in [0.15, 0.2) is 29.4 Å². The number of hydrogen-bond acceptors (Lipinski definition) is 5. The van der Waals surface area contributed by atoms with E-state index < -0.39 is 0 Å². The first kappa shape index (κ1) is 24.7. The van der Waals surface area contributed by atoms with Gasteiger partial charge in [-0.15, -0.1) is 34.2 Å². The van der Waals surface area contributed by atoms with Crippen molar-refractivity contribution in [2.45, 2.75) is 38.6 Å². The van der Waals surface area contributed by atoms with Crippen molar-refractivity contribution in [2.75, 3.05) is 52.9 Å². The van der Waals surface area contributed by atoms with Gasteiger partial charge >= 0.3 is 0 Å². The fourth-order valence-corrected chi connectivity index (χ4v) is 4.52. The third-order valence-corrected chi connectivity index (χ3v) is 6.39. The van der Waals surface area contributed by atoms with Gasteiger partial charge in [0.1, 0.15) is 5.82 Å². The number of aromatic nitrogens is 3. The zero-order valence-electron chi connectivity index (χ0n) is 19.1. The molecule has 2 aliphatic rings. The first-order valence-electron chi connectivity index (χ1n) is 11.4. The molecule has 0 aromatic carbocycles. The van der Waals surface area contributed by atoms with E-state index in [-0.39, 0.29) is 35.9 Å². The van der Waals surface area contributed by atoms with Crippen molar-refractivity contribution in [3.63, 3.8) is 0 Å². The second kappa shape index (κ2) is 11.8. The molecule has 1 unspecified atom stereocenters. The Morgan fingerprint density at radius 3 is 2.56 bits per heavy atom. The minimum Gasteiger partial charge on any atom is -0.356 e. The summed E-state index contributed by atoms with van der Waals surface area (Å²) >= 11 is 0. The molecule has 0 spiro atoms. The Morgan fingerprint density at radius 2 is 1.84 bits per heavy atom. The van der Waals surface area contributed by atoms with Crippen LogP contribution in [0.25, 0.3) is 5.65 Å². The first-order chi connectivity index (χ1) is 15.2. The molecule has 0 bridgehead atoms. The lowest BCUT2D eigenvalue weighted by Gasteiger charge is -2.39. The van der Waals surface area contributed by atoms with E-state index in [0.717, 1.165) is 88.9 Å². The molecule has 2 saturated heterocycles. The van der Waals surface area contributed by atoms with Gasteiger partial charge in [-0.05, 0) is 38.3 Å². The second-order valence-electron chi connectivity index (χ2n) is 8.35. The van der Waals surface area contributed by atoms with Crippen LogP contribution < -0.4 is 5.32 Å². The second-order valence-corrected chi connectivity index (χ2v) is 8.35. The predicted molar refractivity (Wildman–Crippen MR) is 137 cm³/mol. The number of aliphatic imine (C=N–C) groups is 1. The van der Waals surface area contributed by atoms with Crippen LogP contribution in [0, 0.1) is 0 Å². The summed E-state index contributed by atoms with van der Waals surface area (Å²) in [5, 5.41) is 12.0. The maximum Gasteiger partial charge on any atom is 0.239 e. The summed E-state index contributed by atoms with van der Waals surface area (Å²) in [6.07, 6.45) is 6.10. The summed E-state index contributed by atoms with van der Waals surface area (Å²) in [6, 6.07) is 5.91. The van der Waals surface area contributed by atoms with E-state index in [1.165, 1.54) is 0 Å². The molecule has 9 nitrogen and oxygen atoms in total. The van der Waals surface area contributed by atoms with E-state index in [2.05, 4.69) is 37.2 Å². The zero-order valence-corrected chi connectivity index (χ0v) is 21.4. The van der Waals surface area contributed by atoms with Gasteiger partial charge in [0.15, 0.2) is 11.6 Å². The Bertz CT molecular complexity index is 902.